The van der Waals surface area contributed by atoms with Gasteiger partial charge in [-0.25, -0.2) is 0 Å². The Kier molecular flexibility index (Phi) is 2.42. The molecular formula is C14H13N3O. The molecule has 1 N–H and O–H groups in total. The summed E-state index contributed by atoms with van der Waals surface area (Å²) in [6.07, 6.45) is 1.33. The third-order valence-corrected chi connectivity index (χ3v) is 3.37. The van der Waals surface area contributed by atoms with Gasteiger partial charge in [0.1, 0.15) is 6.07 Å². The molecule has 0 radical (unpaired) electrons. The molecule has 0 atom stereocenters. The number of rotatable bonds is 1. The van der Waals surface area contributed by atoms with E-state index < -0.39 is 0 Å². The summed E-state index contributed by atoms with van der Waals surface area (Å²) in [4.78, 5) is 6.39. The molecule has 0 aliphatic carbocycles. The molecule has 1 aliphatic heterocycles. The Morgan fingerprint density at radius 2 is 2.22 bits per heavy atom. The van der Waals surface area contributed by atoms with E-state index in [1.807, 2.05) is 30.0 Å². The molecule has 18 heavy (non-hydrogen) atoms. The van der Waals surface area contributed by atoms with Crippen molar-refractivity contribution in [3.05, 3.63) is 35.5 Å². The number of nitriles is 1. The van der Waals surface area contributed by atoms with Gasteiger partial charge in [-0.3, -0.25) is 4.98 Å². The molecule has 0 bridgehead atoms. The van der Waals surface area contributed by atoms with Gasteiger partial charge in [0.25, 0.3) is 0 Å². The standard InChI is InChI=1S/C14H13N3O/c1-9-3-2-4-12-13(9)16-6-10(5-15)14(12)17-7-11(18)8-17/h2-4,6,11,18H,7-8H2,1H3. The smallest absolute Gasteiger partial charge is 0.103 e. The first-order chi connectivity index (χ1) is 8.70. The normalized spacial score (nSPS) is 15.5. The van der Waals surface area contributed by atoms with Gasteiger partial charge in [0.05, 0.1) is 22.9 Å². The third-order valence-electron chi connectivity index (χ3n) is 3.37. The van der Waals surface area contributed by atoms with Crippen molar-refractivity contribution in [2.24, 2.45) is 0 Å². The molecule has 1 aromatic carbocycles. The lowest BCUT2D eigenvalue weighted by Crippen LogP contribution is -2.51. The van der Waals surface area contributed by atoms with Crippen LogP contribution in [0.15, 0.2) is 24.4 Å². The number of benzene rings is 1. The molecule has 3 rings (SSSR count). The second-order valence-electron chi connectivity index (χ2n) is 4.66. The molecule has 0 unspecified atom stereocenters. The highest BCUT2D eigenvalue weighted by Gasteiger charge is 2.28. The van der Waals surface area contributed by atoms with Crippen LogP contribution in [0, 0.1) is 18.3 Å². The van der Waals surface area contributed by atoms with Crippen molar-refractivity contribution in [2.75, 3.05) is 18.0 Å². The topological polar surface area (TPSA) is 60.1 Å². The average Bonchev–Trinajstić information content (AvgIpc) is 2.34. The van der Waals surface area contributed by atoms with Crippen molar-refractivity contribution < 1.29 is 5.11 Å². The van der Waals surface area contributed by atoms with E-state index in [2.05, 4.69) is 11.1 Å². The molecule has 2 aromatic rings. The molecule has 4 heteroatoms. The predicted octanol–water partition coefficient (Wildman–Crippen LogP) is 1.60. The summed E-state index contributed by atoms with van der Waals surface area (Å²) in [6, 6.07) is 8.15. The van der Waals surface area contributed by atoms with Gasteiger partial charge in [-0.2, -0.15) is 5.26 Å². The lowest BCUT2D eigenvalue weighted by atomic mass is 10.0. The van der Waals surface area contributed by atoms with E-state index >= 15 is 0 Å². The maximum atomic E-state index is 9.43. The summed E-state index contributed by atoms with van der Waals surface area (Å²) in [5, 5.41) is 19.6. The minimum absolute atomic E-state index is 0.287. The van der Waals surface area contributed by atoms with E-state index in [0.717, 1.165) is 22.2 Å². The number of aliphatic hydroxyl groups excluding tert-OH is 1. The van der Waals surface area contributed by atoms with Crippen molar-refractivity contribution >= 4 is 16.6 Å². The van der Waals surface area contributed by atoms with Gasteiger partial charge in [0.2, 0.25) is 0 Å². The van der Waals surface area contributed by atoms with E-state index in [9.17, 15) is 10.4 Å². The second kappa shape index (κ2) is 3.97. The molecule has 1 aliphatic rings. The molecule has 1 aromatic heterocycles. The number of pyridine rings is 1. The van der Waals surface area contributed by atoms with E-state index in [1.54, 1.807) is 6.20 Å². The number of para-hydroxylation sites is 1. The number of aryl methyl sites for hydroxylation is 1. The summed E-state index contributed by atoms with van der Waals surface area (Å²) in [5.74, 6) is 0. The number of anilines is 1. The molecule has 1 saturated heterocycles. The maximum Gasteiger partial charge on any atom is 0.103 e. The number of β-amino-alcohol motifs (C(OH)–C–C–N with tert-alkyl or cyclic N) is 1. The fourth-order valence-electron chi connectivity index (χ4n) is 2.42. The molecule has 90 valence electrons. The van der Waals surface area contributed by atoms with Crippen molar-refractivity contribution in [1.82, 2.24) is 4.98 Å². The van der Waals surface area contributed by atoms with Gasteiger partial charge in [-0.15, -0.1) is 0 Å². The van der Waals surface area contributed by atoms with E-state index in [0.29, 0.717) is 18.7 Å². The first kappa shape index (κ1) is 11.0. The summed E-state index contributed by atoms with van der Waals surface area (Å²) in [6.45, 7) is 3.18. The Labute approximate surface area is 105 Å². The van der Waals surface area contributed by atoms with Gasteiger partial charge >= 0.3 is 0 Å². The Hall–Kier alpha value is -2.12. The number of hydrogen-bond acceptors (Lipinski definition) is 4. The Morgan fingerprint density at radius 3 is 2.89 bits per heavy atom. The molecule has 0 spiro atoms. The Morgan fingerprint density at radius 1 is 1.44 bits per heavy atom. The largest absolute Gasteiger partial charge is 0.389 e. The number of aromatic nitrogens is 1. The van der Waals surface area contributed by atoms with Crippen LogP contribution in [0.1, 0.15) is 11.1 Å². The molecule has 0 saturated carbocycles. The predicted molar refractivity (Wildman–Crippen MR) is 69.4 cm³/mol. The zero-order valence-corrected chi connectivity index (χ0v) is 10.1. The molecule has 0 amide bonds. The van der Waals surface area contributed by atoms with Crippen LogP contribution in [0.5, 0.6) is 0 Å². The minimum atomic E-state index is -0.287. The average molecular weight is 239 g/mol. The third kappa shape index (κ3) is 1.52. The van der Waals surface area contributed by atoms with Crippen molar-refractivity contribution in [3.63, 3.8) is 0 Å². The van der Waals surface area contributed by atoms with Crippen LogP contribution in [-0.2, 0) is 0 Å². The SMILES string of the molecule is Cc1cccc2c(N3CC(O)C3)c(C#N)cnc12. The molecule has 1 fully saturated rings. The van der Waals surface area contributed by atoms with Crippen molar-refractivity contribution in [3.8, 4) is 6.07 Å². The second-order valence-corrected chi connectivity index (χ2v) is 4.66. The maximum absolute atomic E-state index is 9.43. The van der Waals surface area contributed by atoms with Crippen LogP contribution in [0.3, 0.4) is 0 Å². The summed E-state index contributed by atoms with van der Waals surface area (Å²) < 4.78 is 0. The van der Waals surface area contributed by atoms with Crippen molar-refractivity contribution in [2.45, 2.75) is 13.0 Å². The number of aliphatic hydroxyl groups is 1. The molecule has 2 heterocycles. The Bertz CT molecular complexity index is 654. The van der Waals surface area contributed by atoms with Crippen LogP contribution < -0.4 is 4.90 Å². The van der Waals surface area contributed by atoms with Crippen LogP contribution in [0.25, 0.3) is 10.9 Å². The zero-order valence-electron chi connectivity index (χ0n) is 10.1. The summed E-state index contributed by atoms with van der Waals surface area (Å²) in [7, 11) is 0. The highest BCUT2D eigenvalue weighted by Crippen LogP contribution is 2.33. The quantitative estimate of drug-likeness (QED) is 0.821. The van der Waals surface area contributed by atoms with E-state index in [4.69, 9.17) is 0 Å². The highest BCUT2D eigenvalue weighted by molar-refractivity contribution is 5.96. The van der Waals surface area contributed by atoms with Crippen molar-refractivity contribution in [1.29, 1.82) is 5.26 Å². The lowest BCUT2D eigenvalue weighted by molar-refractivity contribution is 0.142. The monoisotopic (exact) mass is 239 g/mol. The lowest BCUT2D eigenvalue weighted by Gasteiger charge is -2.38. The fourth-order valence-corrected chi connectivity index (χ4v) is 2.42. The Balaban J connectivity index is 2.26. The zero-order chi connectivity index (χ0) is 12.7. The van der Waals surface area contributed by atoms with Gasteiger partial charge in [-0.1, -0.05) is 18.2 Å². The summed E-state index contributed by atoms with van der Waals surface area (Å²) in [5.41, 5.74) is 3.49. The minimum Gasteiger partial charge on any atom is -0.389 e. The highest BCUT2D eigenvalue weighted by atomic mass is 16.3. The van der Waals surface area contributed by atoms with Crippen LogP contribution in [0.2, 0.25) is 0 Å². The van der Waals surface area contributed by atoms with Gasteiger partial charge in [-0.05, 0) is 12.5 Å². The summed E-state index contributed by atoms with van der Waals surface area (Å²) >= 11 is 0. The molecular weight excluding hydrogens is 226 g/mol. The number of nitrogens with zero attached hydrogens (tertiary/aromatic N) is 3. The first-order valence-electron chi connectivity index (χ1n) is 5.92. The van der Waals surface area contributed by atoms with Gasteiger partial charge in [0, 0.05) is 24.7 Å². The number of hydrogen-bond donors (Lipinski definition) is 1. The molecule has 4 nitrogen and oxygen atoms in total. The van der Waals surface area contributed by atoms with Gasteiger partial charge < -0.3 is 10.0 Å². The van der Waals surface area contributed by atoms with Crippen LogP contribution in [-0.4, -0.2) is 29.3 Å². The van der Waals surface area contributed by atoms with E-state index in [-0.39, 0.29) is 6.10 Å². The first-order valence-corrected chi connectivity index (χ1v) is 5.92. The van der Waals surface area contributed by atoms with Crippen LogP contribution >= 0.6 is 0 Å². The van der Waals surface area contributed by atoms with Crippen LogP contribution in [0.4, 0.5) is 5.69 Å². The van der Waals surface area contributed by atoms with E-state index in [1.165, 1.54) is 0 Å². The van der Waals surface area contributed by atoms with Gasteiger partial charge in [0.15, 0.2) is 0 Å². The fraction of sp³-hybridized carbons (Fsp3) is 0.286. The number of fused-ring (bicyclic) bond motifs is 1.